The van der Waals surface area contributed by atoms with Crippen molar-refractivity contribution in [1.29, 1.82) is 0 Å². The predicted molar refractivity (Wildman–Crippen MR) is 60.0 cm³/mol. The maximum absolute atomic E-state index is 3.90. The fourth-order valence-corrected chi connectivity index (χ4v) is 1.10. The van der Waals surface area contributed by atoms with Gasteiger partial charge in [0, 0.05) is 5.56 Å². The van der Waals surface area contributed by atoms with Gasteiger partial charge in [0.2, 0.25) is 5.82 Å². The maximum Gasteiger partial charge on any atom is 0.204 e. The van der Waals surface area contributed by atoms with E-state index in [-0.39, 0.29) is 0 Å². The SMILES string of the molecule is CP.Cc1ccccc1-c1nn[nH]n1. The summed E-state index contributed by atoms with van der Waals surface area (Å²) in [6.45, 7) is 3.94. The molecule has 1 heterocycles. The lowest BCUT2D eigenvalue weighted by Gasteiger charge is -1.97. The Morgan fingerprint density at radius 3 is 2.50 bits per heavy atom. The van der Waals surface area contributed by atoms with Crippen LogP contribution in [0.3, 0.4) is 0 Å². The Labute approximate surface area is 85.3 Å². The molecule has 14 heavy (non-hydrogen) atoms. The van der Waals surface area contributed by atoms with Crippen LogP contribution in [0.2, 0.25) is 0 Å². The van der Waals surface area contributed by atoms with E-state index in [9.17, 15) is 0 Å². The zero-order valence-corrected chi connectivity index (χ0v) is 9.38. The van der Waals surface area contributed by atoms with Gasteiger partial charge in [0.25, 0.3) is 0 Å². The van der Waals surface area contributed by atoms with Gasteiger partial charge in [-0.15, -0.1) is 19.4 Å². The first kappa shape index (κ1) is 10.8. The van der Waals surface area contributed by atoms with E-state index in [1.807, 2.05) is 37.9 Å². The Hall–Kier alpha value is -1.28. The molecule has 0 radical (unpaired) electrons. The van der Waals surface area contributed by atoms with E-state index in [4.69, 9.17) is 0 Å². The van der Waals surface area contributed by atoms with Crippen LogP contribution in [-0.2, 0) is 0 Å². The number of tetrazole rings is 1. The number of aromatic amines is 1. The number of benzene rings is 1. The maximum atomic E-state index is 3.90. The Balaban J connectivity index is 0.000000461. The predicted octanol–water partition coefficient (Wildman–Crippen LogP) is 1.67. The molecule has 0 spiro atoms. The summed E-state index contributed by atoms with van der Waals surface area (Å²) in [4.78, 5) is 0. The van der Waals surface area contributed by atoms with Crippen LogP contribution >= 0.6 is 9.24 Å². The summed E-state index contributed by atoms with van der Waals surface area (Å²) < 4.78 is 0. The van der Waals surface area contributed by atoms with Crippen molar-refractivity contribution in [2.45, 2.75) is 6.92 Å². The molecule has 1 aromatic carbocycles. The molecule has 0 saturated heterocycles. The van der Waals surface area contributed by atoms with Gasteiger partial charge in [0.05, 0.1) is 0 Å². The smallest absolute Gasteiger partial charge is 0.177 e. The van der Waals surface area contributed by atoms with E-state index in [1.54, 1.807) is 0 Å². The molecular formula is C9H13N4P. The van der Waals surface area contributed by atoms with Crippen molar-refractivity contribution >= 4 is 9.24 Å². The number of aryl methyl sites for hydroxylation is 1. The standard InChI is InChI=1S/C8H8N4.CH5P/c1-6-4-2-3-5-7(6)8-9-11-12-10-8;1-2/h2-5H,1H3,(H,9,10,11,12);2H2,1H3. The van der Waals surface area contributed by atoms with Crippen molar-refractivity contribution in [1.82, 2.24) is 20.6 Å². The highest BCUT2D eigenvalue weighted by Gasteiger charge is 2.03. The number of H-pyrrole nitrogens is 1. The monoisotopic (exact) mass is 208 g/mol. The van der Waals surface area contributed by atoms with Gasteiger partial charge in [-0.2, -0.15) is 5.21 Å². The van der Waals surface area contributed by atoms with Gasteiger partial charge < -0.3 is 0 Å². The molecule has 1 unspecified atom stereocenters. The summed E-state index contributed by atoms with van der Waals surface area (Å²) in [6, 6.07) is 7.93. The summed E-state index contributed by atoms with van der Waals surface area (Å²) in [5.41, 5.74) is 2.17. The lowest BCUT2D eigenvalue weighted by atomic mass is 10.1. The third-order valence-electron chi connectivity index (χ3n) is 1.73. The molecule has 0 aliphatic rings. The summed E-state index contributed by atoms with van der Waals surface area (Å²) >= 11 is 0. The highest BCUT2D eigenvalue weighted by Crippen LogP contribution is 2.16. The molecule has 0 aliphatic heterocycles. The van der Waals surface area contributed by atoms with E-state index in [0.717, 1.165) is 11.1 Å². The quantitative estimate of drug-likeness (QED) is 0.725. The molecule has 5 heteroatoms. The van der Waals surface area contributed by atoms with Crippen LogP contribution in [0.1, 0.15) is 5.56 Å². The average molecular weight is 208 g/mol. The highest BCUT2D eigenvalue weighted by atomic mass is 31.0. The molecule has 2 aromatic rings. The fourth-order valence-electron chi connectivity index (χ4n) is 1.10. The van der Waals surface area contributed by atoms with Crippen molar-refractivity contribution in [2.75, 3.05) is 6.66 Å². The number of nitrogens with zero attached hydrogens (tertiary/aromatic N) is 3. The van der Waals surface area contributed by atoms with Crippen LogP contribution < -0.4 is 0 Å². The molecule has 2 rings (SSSR count). The van der Waals surface area contributed by atoms with Gasteiger partial charge in [0.1, 0.15) is 0 Å². The second-order valence-corrected chi connectivity index (χ2v) is 2.55. The minimum absolute atomic E-state index is 0.646. The minimum Gasteiger partial charge on any atom is -0.177 e. The summed E-state index contributed by atoms with van der Waals surface area (Å²) in [6.07, 6.45) is 0. The summed E-state index contributed by atoms with van der Waals surface area (Å²) in [5.74, 6) is 0.646. The van der Waals surface area contributed by atoms with E-state index in [1.165, 1.54) is 0 Å². The molecule has 4 nitrogen and oxygen atoms in total. The molecular weight excluding hydrogens is 195 g/mol. The topological polar surface area (TPSA) is 54.5 Å². The van der Waals surface area contributed by atoms with Crippen LogP contribution in [-0.4, -0.2) is 27.3 Å². The van der Waals surface area contributed by atoms with Crippen molar-refractivity contribution < 1.29 is 0 Å². The van der Waals surface area contributed by atoms with E-state index < -0.39 is 0 Å². The Kier molecular flexibility index (Phi) is 4.20. The summed E-state index contributed by atoms with van der Waals surface area (Å²) in [5, 5.41) is 13.7. The first-order chi connectivity index (χ1) is 6.88. The molecule has 1 atom stereocenters. The van der Waals surface area contributed by atoms with Gasteiger partial charge in [-0.3, -0.25) is 0 Å². The van der Waals surface area contributed by atoms with Crippen molar-refractivity contribution in [3.05, 3.63) is 29.8 Å². The molecule has 0 amide bonds. The number of hydrogen-bond acceptors (Lipinski definition) is 3. The van der Waals surface area contributed by atoms with Crippen LogP contribution in [0.4, 0.5) is 0 Å². The number of rotatable bonds is 1. The van der Waals surface area contributed by atoms with Crippen molar-refractivity contribution in [2.24, 2.45) is 0 Å². The number of hydrogen-bond donors (Lipinski definition) is 1. The number of nitrogens with one attached hydrogen (secondary N) is 1. The fraction of sp³-hybridized carbons (Fsp3) is 0.222. The van der Waals surface area contributed by atoms with Gasteiger partial charge in [0.15, 0.2) is 0 Å². The third-order valence-corrected chi connectivity index (χ3v) is 1.73. The van der Waals surface area contributed by atoms with Crippen molar-refractivity contribution in [3.8, 4) is 11.4 Å². The van der Waals surface area contributed by atoms with Gasteiger partial charge in [-0.25, -0.2) is 0 Å². The van der Waals surface area contributed by atoms with Gasteiger partial charge in [-0.1, -0.05) is 30.9 Å². The Morgan fingerprint density at radius 2 is 1.93 bits per heavy atom. The van der Waals surface area contributed by atoms with Crippen molar-refractivity contribution in [3.63, 3.8) is 0 Å². The Morgan fingerprint density at radius 1 is 1.21 bits per heavy atom. The van der Waals surface area contributed by atoms with Gasteiger partial charge >= 0.3 is 0 Å². The van der Waals surface area contributed by atoms with E-state index in [0.29, 0.717) is 5.82 Å². The molecule has 74 valence electrons. The van der Waals surface area contributed by atoms with E-state index >= 15 is 0 Å². The normalized spacial score (nSPS) is 9.07. The third kappa shape index (κ3) is 2.36. The van der Waals surface area contributed by atoms with Crippen LogP contribution in [0.5, 0.6) is 0 Å². The minimum atomic E-state index is 0.646. The number of aromatic nitrogens is 4. The largest absolute Gasteiger partial charge is 0.204 e. The van der Waals surface area contributed by atoms with Gasteiger partial charge in [-0.05, 0) is 17.7 Å². The zero-order chi connectivity index (χ0) is 10.4. The highest BCUT2D eigenvalue weighted by molar-refractivity contribution is 7.15. The second kappa shape index (κ2) is 5.45. The molecule has 0 saturated carbocycles. The summed E-state index contributed by atoms with van der Waals surface area (Å²) in [7, 11) is 2.42. The first-order valence-electron chi connectivity index (χ1n) is 4.25. The van der Waals surface area contributed by atoms with Crippen LogP contribution in [0.25, 0.3) is 11.4 Å². The molecule has 0 bridgehead atoms. The zero-order valence-electron chi connectivity index (χ0n) is 8.23. The van der Waals surface area contributed by atoms with Crippen LogP contribution in [0, 0.1) is 6.92 Å². The lowest BCUT2D eigenvalue weighted by molar-refractivity contribution is 0.881. The Bertz CT molecular complexity index is 372. The molecule has 1 aromatic heterocycles. The van der Waals surface area contributed by atoms with Crippen LogP contribution in [0.15, 0.2) is 24.3 Å². The first-order valence-corrected chi connectivity index (χ1v) is 5.40. The molecule has 0 fully saturated rings. The molecule has 1 N–H and O–H groups in total. The second-order valence-electron chi connectivity index (χ2n) is 2.55. The average Bonchev–Trinajstić information content (AvgIpc) is 2.75. The molecule has 0 aliphatic carbocycles. The van der Waals surface area contributed by atoms with E-state index in [2.05, 4.69) is 29.9 Å². The lowest BCUT2D eigenvalue weighted by Crippen LogP contribution is -1.84.